The standard InChI is InChI=1S/C15H17NO4/c1-10(17)20-14-5-3-2-4-13(14)15(18)16-6-11-8-19-9-12(11)7-16/h2-5,11-12H,6-9H2,1H3. The molecule has 2 fully saturated rings. The molecule has 2 saturated heterocycles. The molecule has 5 heteroatoms. The number of hydrogen-bond donors (Lipinski definition) is 0. The van der Waals surface area contributed by atoms with E-state index in [1.165, 1.54) is 6.92 Å². The van der Waals surface area contributed by atoms with Crippen molar-refractivity contribution in [1.29, 1.82) is 0 Å². The molecule has 20 heavy (non-hydrogen) atoms. The summed E-state index contributed by atoms with van der Waals surface area (Å²) in [4.78, 5) is 25.5. The summed E-state index contributed by atoms with van der Waals surface area (Å²) in [6.07, 6.45) is 0. The van der Waals surface area contributed by atoms with Crippen LogP contribution in [-0.2, 0) is 9.53 Å². The number of likely N-dealkylation sites (tertiary alicyclic amines) is 1. The summed E-state index contributed by atoms with van der Waals surface area (Å²) in [6, 6.07) is 6.88. The molecular formula is C15H17NO4. The molecule has 106 valence electrons. The molecule has 5 nitrogen and oxygen atoms in total. The normalized spacial score (nSPS) is 24.6. The summed E-state index contributed by atoms with van der Waals surface area (Å²) < 4.78 is 10.5. The summed E-state index contributed by atoms with van der Waals surface area (Å²) in [7, 11) is 0. The van der Waals surface area contributed by atoms with Crippen LogP contribution in [-0.4, -0.2) is 43.1 Å². The summed E-state index contributed by atoms with van der Waals surface area (Å²) in [5, 5.41) is 0. The Kier molecular flexibility index (Phi) is 3.44. The van der Waals surface area contributed by atoms with Crippen LogP contribution in [0.4, 0.5) is 0 Å². The van der Waals surface area contributed by atoms with Gasteiger partial charge in [-0.2, -0.15) is 0 Å². The number of benzene rings is 1. The van der Waals surface area contributed by atoms with Crippen LogP contribution in [0.2, 0.25) is 0 Å². The highest BCUT2D eigenvalue weighted by molar-refractivity contribution is 5.97. The molecule has 0 aromatic heterocycles. The summed E-state index contributed by atoms with van der Waals surface area (Å²) >= 11 is 0. The highest BCUT2D eigenvalue weighted by Crippen LogP contribution is 2.31. The van der Waals surface area contributed by atoms with Crippen molar-refractivity contribution in [3.8, 4) is 5.75 Å². The van der Waals surface area contributed by atoms with Crippen molar-refractivity contribution in [1.82, 2.24) is 4.90 Å². The second-order valence-corrected chi connectivity index (χ2v) is 5.36. The molecule has 2 aliphatic heterocycles. The molecule has 3 rings (SSSR count). The zero-order valence-electron chi connectivity index (χ0n) is 11.4. The maximum atomic E-state index is 12.6. The number of amides is 1. The van der Waals surface area contributed by atoms with Gasteiger partial charge < -0.3 is 14.4 Å². The Balaban J connectivity index is 1.79. The Bertz CT molecular complexity index is 530. The molecule has 1 aromatic carbocycles. The van der Waals surface area contributed by atoms with Gasteiger partial charge in [-0.05, 0) is 12.1 Å². The van der Waals surface area contributed by atoms with E-state index in [0.717, 1.165) is 26.3 Å². The van der Waals surface area contributed by atoms with E-state index in [1.54, 1.807) is 24.3 Å². The predicted octanol–water partition coefficient (Wildman–Crippen LogP) is 1.33. The van der Waals surface area contributed by atoms with Crippen molar-refractivity contribution in [2.75, 3.05) is 26.3 Å². The van der Waals surface area contributed by atoms with Crippen LogP contribution in [0.1, 0.15) is 17.3 Å². The van der Waals surface area contributed by atoms with Gasteiger partial charge in [-0.25, -0.2) is 0 Å². The molecule has 0 spiro atoms. The smallest absolute Gasteiger partial charge is 0.308 e. The Hall–Kier alpha value is -1.88. The molecule has 0 bridgehead atoms. The van der Waals surface area contributed by atoms with E-state index in [4.69, 9.17) is 9.47 Å². The number of hydrogen-bond acceptors (Lipinski definition) is 4. The van der Waals surface area contributed by atoms with Crippen LogP contribution in [0.3, 0.4) is 0 Å². The maximum absolute atomic E-state index is 12.6. The molecule has 2 aliphatic rings. The van der Waals surface area contributed by atoms with Gasteiger partial charge in [0.1, 0.15) is 5.75 Å². The van der Waals surface area contributed by atoms with E-state index in [2.05, 4.69) is 0 Å². The molecule has 0 aliphatic carbocycles. The van der Waals surface area contributed by atoms with Crippen molar-refractivity contribution in [3.05, 3.63) is 29.8 Å². The first kappa shape index (κ1) is 13.1. The minimum absolute atomic E-state index is 0.0729. The largest absolute Gasteiger partial charge is 0.426 e. The number of carbonyl (C=O) groups is 2. The van der Waals surface area contributed by atoms with Gasteiger partial charge in [0.25, 0.3) is 5.91 Å². The van der Waals surface area contributed by atoms with Gasteiger partial charge in [0.15, 0.2) is 0 Å². The fraction of sp³-hybridized carbons (Fsp3) is 0.467. The topological polar surface area (TPSA) is 55.8 Å². The van der Waals surface area contributed by atoms with E-state index >= 15 is 0 Å². The van der Waals surface area contributed by atoms with E-state index in [0.29, 0.717) is 23.1 Å². The second kappa shape index (κ2) is 5.25. The quantitative estimate of drug-likeness (QED) is 0.603. The zero-order valence-corrected chi connectivity index (χ0v) is 11.4. The van der Waals surface area contributed by atoms with Crippen LogP contribution in [0.15, 0.2) is 24.3 Å². The number of para-hydroxylation sites is 1. The first-order valence-corrected chi connectivity index (χ1v) is 6.79. The second-order valence-electron chi connectivity index (χ2n) is 5.36. The minimum Gasteiger partial charge on any atom is -0.426 e. The summed E-state index contributed by atoms with van der Waals surface area (Å²) in [6.45, 7) is 4.24. The van der Waals surface area contributed by atoms with E-state index in [1.807, 2.05) is 4.90 Å². The zero-order chi connectivity index (χ0) is 14.1. The van der Waals surface area contributed by atoms with Crippen molar-refractivity contribution in [2.45, 2.75) is 6.92 Å². The Labute approximate surface area is 117 Å². The van der Waals surface area contributed by atoms with Gasteiger partial charge in [0.2, 0.25) is 0 Å². The highest BCUT2D eigenvalue weighted by atomic mass is 16.5. The van der Waals surface area contributed by atoms with Gasteiger partial charge in [0.05, 0.1) is 18.8 Å². The van der Waals surface area contributed by atoms with Crippen molar-refractivity contribution in [3.63, 3.8) is 0 Å². The fourth-order valence-electron chi connectivity index (χ4n) is 2.91. The van der Waals surface area contributed by atoms with Gasteiger partial charge in [0, 0.05) is 31.8 Å². The Morgan fingerprint density at radius 1 is 1.20 bits per heavy atom. The Morgan fingerprint density at radius 2 is 1.85 bits per heavy atom. The van der Waals surface area contributed by atoms with Crippen LogP contribution < -0.4 is 4.74 Å². The van der Waals surface area contributed by atoms with Crippen LogP contribution in [0.25, 0.3) is 0 Å². The molecule has 1 amide bonds. The SMILES string of the molecule is CC(=O)Oc1ccccc1C(=O)N1CC2COCC2C1. The van der Waals surface area contributed by atoms with Crippen LogP contribution in [0, 0.1) is 11.8 Å². The lowest BCUT2D eigenvalue weighted by Gasteiger charge is -2.18. The molecule has 0 radical (unpaired) electrons. The van der Waals surface area contributed by atoms with Crippen LogP contribution >= 0.6 is 0 Å². The number of esters is 1. The van der Waals surface area contributed by atoms with Crippen molar-refractivity contribution >= 4 is 11.9 Å². The van der Waals surface area contributed by atoms with Gasteiger partial charge in [-0.3, -0.25) is 9.59 Å². The van der Waals surface area contributed by atoms with E-state index < -0.39 is 5.97 Å². The molecule has 2 unspecified atom stereocenters. The maximum Gasteiger partial charge on any atom is 0.308 e. The number of rotatable bonds is 2. The predicted molar refractivity (Wildman–Crippen MR) is 71.5 cm³/mol. The summed E-state index contributed by atoms with van der Waals surface area (Å²) in [5.74, 6) is 0.728. The number of fused-ring (bicyclic) bond motifs is 1. The van der Waals surface area contributed by atoms with Crippen molar-refractivity contribution < 1.29 is 19.1 Å². The molecular weight excluding hydrogens is 258 g/mol. The first-order valence-electron chi connectivity index (χ1n) is 6.79. The van der Waals surface area contributed by atoms with E-state index in [-0.39, 0.29) is 5.91 Å². The van der Waals surface area contributed by atoms with Crippen LogP contribution in [0.5, 0.6) is 5.75 Å². The summed E-state index contributed by atoms with van der Waals surface area (Å²) in [5.41, 5.74) is 0.448. The van der Waals surface area contributed by atoms with E-state index in [9.17, 15) is 9.59 Å². The Morgan fingerprint density at radius 3 is 2.50 bits per heavy atom. The van der Waals surface area contributed by atoms with Gasteiger partial charge in [-0.15, -0.1) is 0 Å². The third kappa shape index (κ3) is 2.41. The molecule has 2 heterocycles. The fourth-order valence-corrected chi connectivity index (χ4v) is 2.91. The minimum atomic E-state index is -0.419. The highest BCUT2D eigenvalue weighted by Gasteiger charge is 2.39. The molecule has 0 N–H and O–H groups in total. The van der Waals surface area contributed by atoms with Gasteiger partial charge >= 0.3 is 5.97 Å². The lowest BCUT2D eigenvalue weighted by atomic mass is 10.0. The average molecular weight is 275 g/mol. The molecule has 2 atom stereocenters. The third-order valence-electron chi connectivity index (χ3n) is 3.90. The number of carbonyl (C=O) groups excluding carboxylic acids is 2. The lowest BCUT2D eigenvalue weighted by molar-refractivity contribution is -0.131. The van der Waals surface area contributed by atoms with Gasteiger partial charge in [-0.1, -0.05) is 12.1 Å². The lowest BCUT2D eigenvalue weighted by Crippen LogP contribution is -2.30. The average Bonchev–Trinajstić information content (AvgIpc) is 2.98. The molecule has 0 saturated carbocycles. The third-order valence-corrected chi connectivity index (χ3v) is 3.90. The monoisotopic (exact) mass is 275 g/mol. The van der Waals surface area contributed by atoms with Crippen molar-refractivity contribution in [2.24, 2.45) is 11.8 Å². The number of nitrogens with zero attached hydrogens (tertiary/aromatic N) is 1. The number of ether oxygens (including phenoxy) is 2. The first-order chi connectivity index (χ1) is 9.65. The molecule has 1 aromatic rings.